The Morgan fingerprint density at radius 3 is 2.50 bits per heavy atom. The Kier molecular flexibility index (Phi) is 3.86. The van der Waals surface area contributed by atoms with Crippen LogP contribution < -0.4 is 4.74 Å². The topological polar surface area (TPSA) is 46.5 Å². The Bertz CT molecular complexity index is 593. The monoisotopic (exact) mass is 354 g/mol. The van der Waals surface area contributed by atoms with E-state index in [2.05, 4.69) is 22.6 Å². The van der Waals surface area contributed by atoms with E-state index in [1.54, 1.807) is 25.1 Å². The first-order valence-electron chi connectivity index (χ1n) is 5.33. The van der Waals surface area contributed by atoms with E-state index in [0.29, 0.717) is 16.9 Å². The summed E-state index contributed by atoms with van der Waals surface area (Å²) in [5, 5.41) is 8.94. The fraction of sp³-hybridized carbons (Fsp3) is 0.0714. The lowest BCUT2D eigenvalue weighted by Crippen LogP contribution is -1.99. The van der Waals surface area contributed by atoms with Crippen LogP contribution in [-0.4, -0.2) is 11.1 Å². The molecule has 0 spiro atoms. The SMILES string of the molecule is Cc1cc(Oc2cccc(I)c2)ccc1C(=O)O. The van der Waals surface area contributed by atoms with Gasteiger partial charge in [-0.2, -0.15) is 0 Å². The summed E-state index contributed by atoms with van der Waals surface area (Å²) < 4.78 is 6.76. The van der Waals surface area contributed by atoms with Gasteiger partial charge in [-0.15, -0.1) is 0 Å². The molecule has 0 aliphatic rings. The molecule has 18 heavy (non-hydrogen) atoms. The van der Waals surface area contributed by atoms with E-state index in [4.69, 9.17) is 9.84 Å². The Balaban J connectivity index is 2.25. The summed E-state index contributed by atoms with van der Waals surface area (Å²) in [4.78, 5) is 10.9. The summed E-state index contributed by atoms with van der Waals surface area (Å²) in [6, 6.07) is 12.6. The molecule has 0 radical (unpaired) electrons. The van der Waals surface area contributed by atoms with Gasteiger partial charge >= 0.3 is 5.97 Å². The molecule has 4 heteroatoms. The van der Waals surface area contributed by atoms with Crippen LogP contribution in [0.5, 0.6) is 11.5 Å². The van der Waals surface area contributed by atoms with Gasteiger partial charge in [0.25, 0.3) is 0 Å². The summed E-state index contributed by atoms with van der Waals surface area (Å²) in [7, 11) is 0. The maximum Gasteiger partial charge on any atom is 0.335 e. The lowest BCUT2D eigenvalue weighted by Gasteiger charge is -2.08. The van der Waals surface area contributed by atoms with E-state index in [1.807, 2.05) is 24.3 Å². The molecule has 0 heterocycles. The van der Waals surface area contributed by atoms with Gasteiger partial charge in [0.05, 0.1) is 5.56 Å². The molecular weight excluding hydrogens is 343 g/mol. The van der Waals surface area contributed by atoms with E-state index in [9.17, 15) is 4.79 Å². The number of aryl methyl sites for hydroxylation is 1. The van der Waals surface area contributed by atoms with Crippen LogP contribution in [0, 0.1) is 10.5 Å². The van der Waals surface area contributed by atoms with Crippen LogP contribution >= 0.6 is 22.6 Å². The van der Waals surface area contributed by atoms with Crippen molar-refractivity contribution in [3.05, 3.63) is 57.2 Å². The van der Waals surface area contributed by atoms with Crippen LogP contribution in [0.15, 0.2) is 42.5 Å². The average molecular weight is 354 g/mol. The van der Waals surface area contributed by atoms with E-state index in [-0.39, 0.29) is 0 Å². The van der Waals surface area contributed by atoms with E-state index in [0.717, 1.165) is 9.32 Å². The van der Waals surface area contributed by atoms with Crippen LogP contribution in [0.25, 0.3) is 0 Å². The van der Waals surface area contributed by atoms with E-state index in [1.165, 1.54) is 0 Å². The number of carbonyl (C=O) groups is 1. The van der Waals surface area contributed by atoms with E-state index < -0.39 is 5.97 Å². The minimum absolute atomic E-state index is 0.296. The van der Waals surface area contributed by atoms with Crippen LogP contribution in [-0.2, 0) is 0 Å². The standard InChI is InChI=1S/C14H11IO3/c1-9-7-12(5-6-13(9)14(16)17)18-11-4-2-3-10(15)8-11/h2-8H,1H3,(H,16,17). The van der Waals surface area contributed by atoms with Gasteiger partial charge in [-0.05, 0) is 71.5 Å². The summed E-state index contributed by atoms with van der Waals surface area (Å²) in [6.07, 6.45) is 0. The van der Waals surface area contributed by atoms with Crippen molar-refractivity contribution in [2.24, 2.45) is 0 Å². The summed E-state index contributed by atoms with van der Waals surface area (Å²) in [6.45, 7) is 1.76. The first-order valence-corrected chi connectivity index (χ1v) is 6.41. The molecule has 2 rings (SSSR count). The highest BCUT2D eigenvalue weighted by atomic mass is 127. The van der Waals surface area contributed by atoms with Gasteiger partial charge in [0.15, 0.2) is 0 Å². The quantitative estimate of drug-likeness (QED) is 0.845. The maximum absolute atomic E-state index is 10.9. The van der Waals surface area contributed by atoms with Crippen molar-refractivity contribution in [2.45, 2.75) is 6.92 Å². The zero-order valence-electron chi connectivity index (χ0n) is 9.68. The summed E-state index contributed by atoms with van der Waals surface area (Å²) in [5.41, 5.74) is 0.982. The van der Waals surface area contributed by atoms with Crippen molar-refractivity contribution in [3.8, 4) is 11.5 Å². The number of aromatic carboxylic acids is 1. The van der Waals surface area contributed by atoms with Crippen LogP contribution in [0.3, 0.4) is 0 Å². The third-order valence-electron chi connectivity index (χ3n) is 2.46. The third kappa shape index (κ3) is 3.01. The normalized spacial score (nSPS) is 10.1. The molecule has 0 bridgehead atoms. The highest BCUT2D eigenvalue weighted by molar-refractivity contribution is 14.1. The van der Waals surface area contributed by atoms with Crippen molar-refractivity contribution in [2.75, 3.05) is 0 Å². The highest BCUT2D eigenvalue weighted by Crippen LogP contribution is 2.25. The number of ether oxygens (including phenoxy) is 1. The predicted molar refractivity (Wildman–Crippen MR) is 77.4 cm³/mol. The zero-order chi connectivity index (χ0) is 13.1. The number of hydrogen-bond donors (Lipinski definition) is 1. The van der Waals surface area contributed by atoms with Crippen molar-refractivity contribution in [3.63, 3.8) is 0 Å². The molecule has 1 N–H and O–H groups in total. The largest absolute Gasteiger partial charge is 0.478 e. The number of rotatable bonds is 3. The molecule has 2 aromatic carbocycles. The Labute approximate surface area is 119 Å². The zero-order valence-corrected chi connectivity index (χ0v) is 11.8. The first kappa shape index (κ1) is 12.9. The van der Waals surface area contributed by atoms with Gasteiger partial charge < -0.3 is 9.84 Å². The Morgan fingerprint density at radius 2 is 1.89 bits per heavy atom. The van der Waals surface area contributed by atoms with Crippen molar-refractivity contribution < 1.29 is 14.6 Å². The molecule has 0 fully saturated rings. The summed E-state index contributed by atoms with van der Waals surface area (Å²) in [5.74, 6) is 0.456. The average Bonchev–Trinajstić information content (AvgIpc) is 2.28. The maximum atomic E-state index is 10.9. The molecule has 0 saturated carbocycles. The fourth-order valence-corrected chi connectivity index (χ4v) is 2.12. The van der Waals surface area contributed by atoms with Gasteiger partial charge in [0.1, 0.15) is 11.5 Å². The van der Waals surface area contributed by atoms with Crippen LogP contribution in [0.2, 0.25) is 0 Å². The molecular formula is C14H11IO3. The second-order valence-electron chi connectivity index (χ2n) is 3.84. The van der Waals surface area contributed by atoms with Crippen molar-refractivity contribution in [1.82, 2.24) is 0 Å². The van der Waals surface area contributed by atoms with Crippen molar-refractivity contribution >= 4 is 28.6 Å². The Morgan fingerprint density at radius 1 is 1.17 bits per heavy atom. The molecule has 0 aliphatic carbocycles. The highest BCUT2D eigenvalue weighted by Gasteiger charge is 2.08. The number of hydrogen-bond acceptors (Lipinski definition) is 2. The molecule has 3 nitrogen and oxygen atoms in total. The molecule has 0 saturated heterocycles. The van der Waals surface area contributed by atoms with Gasteiger partial charge in [-0.3, -0.25) is 0 Å². The molecule has 0 aromatic heterocycles. The van der Waals surface area contributed by atoms with E-state index >= 15 is 0 Å². The first-order chi connectivity index (χ1) is 8.56. The molecule has 92 valence electrons. The molecule has 0 unspecified atom stereocenters. The number of benzene rings is 2. The second-order valence-corrected chi connectivity index (χ2v) is 5.09. The minimum atomic E-state index is -0.923. The molecule has 0 amide bonds. The summed E-state index contributed by atoms with van der Waals surface area (Å²) >= 11 is 2.21. The lowest BCUT2D eigenvalue weighted by atomic mass is 10.1. The lowest BCUT2D eigenvalue weighted by molar-refractivity contribution is 0.0696. The minimum Gasteiger partial charge on any atom is -0.478 e. The third-order valence-corrected chi connectivity index (χ3v) is 3.13. The van der Waals surface area contributed by atoms with Crippen LogP contribution in [0.4, 0.5) is 0 Å². The number of carboxylic acids is 1. The second kappa shape index (κ2) is 5.39. The predicted octanol–water partition coefficient (Wildman–Crippen LogP) is 4.09. The molecule has 0 aliphatic heterocycles. The number of halogens is 1. The van der Waals surface area contributed by atoms with Gasteiger partial charge in [0, 0.05) is 3.57 Å². The van der Waals surface area contributed by atoms with Gasteiger partial charge in [-0.1, -0.05) is 6.07 Å². The molecule has 0 atom stereocenters. The molecule has 2 aromatic rings. The Hall–Kier alpha value is -1.56. The van der Waals surface area contributed by atoms with Crippen molar-refractivity contribution in [1.29, 1.82) is 0 Å². The van der Waals surface area contributed by atoms with Crippen LogP contribution in [0.1, 0.15) is 15.9 Å². The number of carboxylic acid groups (broad SMARTS) is 1. The van der Waals surface area contributed by atoms with Gasteiger partial charge in [0.2, 0.25) is 0 Å². The fourth-order valence-electron chi connectivity index (χ4n) is 1.61. The smallest absolute Gasteiger partial charge is 0.335 e. The van der Waals surface area contributed by atoms with Gasteiger partial charge in [-0.25, -0.2) is 4.79 Å².